The van der Waals surface area contributed by atoms with Gasteiger partial charge in [0.15, 0.2) is 0 Å². The van der Waals surface area contributed by atoms with Crippen molar-refractivity contribution in [2.75, 3.05) is 0 Å². The second-order valence-corrected chi connectivity index (χ2v) is 1.84. The fraction of sp³-hybridized carbons (Fsp3) is 0. The van der Waals surface area contributed by atoms with E-state index in [0.29, 0.717) is 0 Å². The van der Waals surface area contributed by atoms with Crippen LogP contribution in [-0.4, -0.2) is 14.9 Å². The van der Waals surface area contributed by atoms with E-state index in [-0.39, 0.29) is 11.0 Å². The summed E-state index contributed by atoms with van der Waals surface area (Å²) in [5, 5.41) is 10.0. The first-order valence-corrected chi connectivity index (χ1v) is 2.70. The van der Waals surface area contributed by atoms with E-state index in [4.69, 9.17) is 11.6 Å². The van der Waals surface area contributed by atoms with E-state index < -0.39 is 4.92 Å². The molecule has 0 bridgehead atoms. The van der Waals surface area contributed by atoms with Gasteiger partial charge in [0.25, 0.3) is 5.15 Å². The molecule has 5 nitrogen and oxygen atoms in total. The standard InChI is InChI=1S/C4H2ClN3O2/c5-3-1-6-2-4(7-3)8(9)10/h1-2H. The maximum absolute atomic E-state index is 10.00. The summed E-state index contributed by atoms with van der Waals surface area (Å²) in [6, 6.07) is 0. The summed E-state index contributed by atoms with van der Waals surface area (Å²) in [4.78, 5) is 16.2. The van der Waals surface area contributed by atoms with Gasteiger partial charge >= 0.3 is 5.82 Å². The first kappa shape index (κ1) is 6.88. The van der Waals surface area contributed by atoms with Crippen molar-refractivity contribution in [2.45, 2.75) is 0 Å². The maximum Gasteiger partial charge on any atom is 0.383 e. The second-order valence-electron chi connectivity index (χ2n) is 1.46. The number of hydrogen-bond donors (Lipinski definition) is 0. The third-order valence-electron chi connectivity index (χ3n) is 0.779. The van der Waals surface area contributed by atoms with Gasteiger partial charge in [-0.05, 0) is 21.5 Å². The molecule has 52 valence electrons. The summed E-state index contributed by atoms with van der Waals surface area (Å²) in [5.41, 5.74) is 0. The SMILES string of the molecule is O=[N+]([O-])c1cncc(Cl)n1. The average Bonchev–Trinajstić information content (AvgIpc) is 1.88. The summed E-state index contributed by atoms with van der Waals surface area (Å²) in [7, 11) is 0. The van der Waals surface area contributed by atoms with Gasteiger partial charge in [0, 0.05) is 0 Å². The van der Waals surface area contributed by atoms with Crippen LogP contribution < -0.4 is 0 Å². The maximum atomic E-state index is 10.00. The molecule has 0 aliphatic heterocycles. The molecule has 1 rings (SSSR count). The molecule has 0 unspecified atom stereocenters. The Hall–Kier alpha value is -1.23. The van der Waals surface area contributed by atoms with Crippen LogP contribution in [0.3, 0.4) is 0 Å². The average molecular weight is 160 g/mol. The molecule has 0 atom stereocenters. The molecule has 0 aliphatic rings. The predicted octanol–water partition coefficient (Wildman–Crippen LogP) is 1.04. The highest BCUT2D eigenvalue weighted by molar-refractivity contribution is 6.29. The van der Waals surface area contributed by atoms with Gasteiger partial charge in [0.1, 0.15) is 6.20 Å². The molecule has 10 heavy (non-hydrogen) atoms. The third kappa shape index (κ3) is 1.38. The Morgan fingerprint density at radius 1 is 1.60 bits per heavy atom. The van der Waals surface area contributed by atoms with Gasteiger partial charge in [-0.3, -0.25) is 4.98 Å². The number of halogens is 1. The lowest BCUT2D eigenvalue weighted by Crippen LogP contribution is -1.92. The van der Waals surface area contributed by atoms with E-state index in [0.717, 1.165) is 6.20 Å². The van der Waals surface area contributed by atoms with Gasteiger partial charge in [-0.25, -0.2) is 0 Å². The largest absolute Gasteiger partial charge is 0.383 e. The molecule has 0 aliphatic carbocycles. The van der Waals surface area contributed by atoms with Crippen LogP contribution in [0.15, 0.2) is 12.4 Å². The molecule has 0 aromatic carbocycles. The Labute approximate surface area is 60.8 Å². The molecule has 0 radical (unpaired) electrons. The Kier molecular flexibility index (Phi) is 1.77. The monoisotopic (exact) mass is 159 g/mol. The first-order chi connectivity index (χ1) is 4.70. The van der Waals surface area contributed by atoms with Gasteiger partial charge in [-0.15, -0.1) is 0 Å². The Morgan fingerprint density at radius 3 is 2.70 bits per heavy atom. The first-order valence-electron chi connectivity index (χ1n) is 2.32. The van der Waals surface area contributed by atoms with E-state index in [2.05, 4.69) is 9.97 Å². The molecule has 0 amide bonds. The highest BCUT2D eigenvalue weighted by Gasteiger charge is 2.07. The summed E-state index contributed by atoms with van der Waals surface area (Å²) in [5.74, 6) is -0.340. The van der Waals surface area contributed by atoms with Crippen molar-refractivity contribution in [3.05, 3.63) is 27.7 Å². The van der Waals surface area contributed by atoms with Crippen LogP contribution in [-0.2, 0) is 0 Å². The van der Waals surface area contributed by atoms with Gasteiger partial charge in [-0.1, -0.05) is 0 Å². The number of nitrogens with zero attached hydrogens (tertiary/aromatic N) is 3. The molecular weight excluding hydrogens is 158 g/mol. The van der Waals surface area contributed by atoms with Gasteiger partial charge in [0.2, 0.25) is 0 Å². The minimum atomic E-state index is -0.654. The van der Waals surface area contributed by atoms with Crippen molar-refractivity contribution in [3.8, 4) is 0 Å². The second kappa shape index (κ2) is 2.57. The quantitative estimate of drug-likeness (QED) is 0.454. The van der Waals surface area contributed by atoms with Crippen molar-refractivity contribution in [1.82, 2.24) is 9.97 Å². The minimum Gasteiger partial charge on any atom is -0.358 e. The van der Waals surface area contributed by atoms with Crippen molar-refractivity contribution < 1.29 is 4.92 Å². The molecule has 1 aromatic rings. The Bertz CT molecular complexity index is 264. The third-order valence-corrected chi connectivity index (χ3v) is 0.962. The van der Waals surface area contributed by atoms with Crippen molar-refractivity contribution in [3.63, 3.8) is 0 Å². The molecule has 1 heterocycles. The summed E-state index contributed by atoms with van der Waals surface area (Å²) >= 11 is 5.31. The normalized spacial score (nSPS) is 9.30. The zero-order chi connectivity index (χ0) is 7.56. The van der Waals surface area contributed by atoms with Gasteiger partial charge in [-0.2, -0.15) is 0 Å². The lowest BCUT2D eigenvalue weighted by molar-refractivity contribution is -0.389. The molecular formula is C4H2ClN3O2. The zero-order valence-corrected chi connectivity index (χ0v) is 5.45. The van der Waals surface area contributed by atoms with E-state index >= 15 is 0 Å². The molecule has 0 saturated heterocycles. The van der Waals surface area contributed by atoms with E-state index in [9.17, 15) is 10.1 Å². The van der Waals surface area contributed by atoms with Crippen LogP contribution in [0.5, 0.6) is 0 Å². The van der Waals surface area contributed by atoms with Gasteiger partial charge in [0.05, 0.1) is 6.20 Å². The highest BCUT2D eigenvalue weighted by atomic mass is 35.5. The predicted molar refractivity (Wildman–Crippen MR) is 33.7 cm³/mol. The topological polar surface area (TPSA) is 68.9 Å². The van der Waals surface area contributed by atoms with Gasteiger partial charge < -0.3 is 10.1 Å². The highest BCUT2D eigenvalue weighted by Crippen LogP contribution is 2.07. The van der Waals surface area contributed by atoms with Crippen molar-refractivity contribution >= 4 is 17.4 Å². The van der Waals surface area contributed by atoms with Crippen molar-refractivity contribution in [1.29, 1.82) is 0 Å². The van der Waals surface area contributed by atoms with E-state index in [1.165, 1.54) is 6.20 Å². The minimum absolute atomic E-state index is 0.0224. The van der Waals surface area contributed by atoms with Crippen molar-refractivity contribution in [2.24, 2.45) is 0 Å². The molecule has 0 fully saturated rings. The van der Waals surface area contributed by atoms with Crippen LogP contribution in [0.4, 0.5) is 5.82 Å². The number of rotatable bonds is 1. The molecule has 0 saturated carbocycles. The molecule has 6 heteroatoms. The zero-order valence-electron chi connectivity index (χ0n) is 4.69. The smallest absolute Gasteiger partial charge is 0.358 e. The lowest BCUT2D eigenvalue weighted by atomic mass is 10.7. The molecule has 0 N–H and O–H groups in total. The van der Waals surface area contributed by atoms with Crippen LogP contribution in [0, 0.1) is 10.1 Å². The van der Waals surface area contributed by atoms with Crippen LogP contribution in [0.2, 0.25) is 5.15 Å². The summed E-state index contributed by atoms with van der Waals surface area (Å²) in [6.45, 7) is 0. The molecule has 0 spiro atoms. The van der Waals surface area contributed by atoms with Crippen LogP contribution >= 0.6 is 11.6 Å². The number of nitro groups is 1. The van der Waals surface area contributed by atoms with E-state index in [1.807, 2.05) is 0 Å². The number of aromatic nitrogens is 2. The Morgan fingerprint density at radius 2 is 2.30 bits per heavy atom. The summed E-state index contributed by atoms with van der Waals surface area (Å²) in [6.07, 6.45) is 2.26. The van der Waals surface area contributed by atoms with E-state index in [1.54, 1.807) is 0 Å². The molecule has 1 aromatic heterocycles. The van der Waals surface area contributed by atoms with Crippen LogP contribution in [0.25, 0.3) is 0 Å². The fourth-order valence-corrected chi connectivity index (χ4v) is 0.564. The fourth-order valence-electron chi connectivity index (χ4n) is 0.421. The summed E-state index contributed by atoms with van der Waals surface area (Å²) < 4.78 is 0. The van der Waals surface area contributed by atoms with Crippen LogP contribution in [0.1, 0.15) is 0 Å². The Balaban J connectivity index is 3.07. The lowest BCUT2D eigenvalue weighted by Gasteiger charge is -1.87. The number of hydrogen-bond acceptors (Lipinski definition) is 4.